The Morgan fingerprint density at radius 1 is 1.26 bits per heavy atom. The van der Waals surface area contributed by atoms with E-state index in [-0.39, 0.29) is 30.4 Å². The molecule has 3 heterocycles. The maximum atomic E-state index is 13.2. The third-order valence-electron chi connectivity index (χ3n) is 6.44. The normalized spacial score (nSPS) is 17.7. The SMILES string of the molecule is C=CC(=O)N1CCCC[C@@H](n2c(NC(=O)c3cccc(C)c3)nc3ccc4c(c32)NC(=O)CO4)C1. The maximum Gasteiger partial charge on any atom is 0.262 e. The number of anilines is 2. The van der Waals surface area contributed by atoms with Gasteiger partial charge >= 0.3 is 0 Å². The number of likely N-dealkylation sites (tertiary alicyclic amines) is 1. The van der Waals surface area contributed by atoms with Crippen molar-refractivity contribution in [3.63, 3.8) is 0 Å². The minimum absolute atomic E-state index is 0.0609. The van der Waals surface area contributed by atoms with Gasteiger partial charge in [0.05, 0.1) is 17.1 Å². The Hall–Kier alpha value is -4.14. The number of hydrogen-bond acceptors (Lipinski definition) is 5. The molecule has 2 aliphatic rings. The molecule has 3 amide bonds. The molecule has 2 aromatic carbocycles. The van der Waals surface area contributed by atoms with Crippen LogP contribution in [0.5, 0.6) is 5.75 Å². The summed E-state index contributed by atoms with van der Waals surface area (Å²) < 4.78 is 7.58. The number of amides is 3. The van der Waals surface area contributed by atoms with Crippen LogP contribution in [-0.4, -0.2) is 51.9 Å². The summed E-state index contributed by atoms with van der Waals surface area (Å²) >= 11 is 0. The standard InChI is InChI=1S/C26H27N5O4/c1-3-22(33)30-12-5-4-9-18(14-30)31-24-19(10-11-20-23(24)28-21(32)15-35-20)27-26(31)29-25(34)17-8-6-7-16(2)13-17/h3,6-8,10-11,13,18H,1,4-5,9,12,14-15H2,2H3,(H,28,32)(H,27,29,34)/t18-/m1/s1. The van der Waals surface area contributed by atoms with Gasteiger partial charge in [-0.2, -0.15) is 0 Å². The number of hydrogen-bond donors (Lipinski definition) is 2. The van der Waals surface area contributed by atoms with Crippen molar-refractivity contribution in [2.75, 3.05) is 30.3 Å². The quantitative estimate of drug-likeness (QED) is 0.563. The molecule has 1 atom stereocenters. The van der Waals surface area contributed by atoms with Crippen LogP contribution in [0, 0.1) is 6.92 Å². The first kappa shape index (κ1) is 22.6. The summed E-state index contributed by atoms with van der Waals surface area (Å²) in [4.78, 5) is 44.4. The van der Waals surface area contributed by atoms with E-state index in [0.717, 1.165) is 24.8 Å². The topological polar surface area (TPSA) is 106 Å². The lowest BCUT2D eigenvalue weighted by Gasteiger charge is -2.27. The van der Waals surface area contributed by atoms with E-state index in [1.807, 2.05) is 35.8 Å². The molecule has 0 bridgehead atoms. The Bertz CT molecular complexity index is 1350. The van der Waals surface area contributed by atoms with Gasteiger partial charge in [-0.25, -0.2) is 4.98 Å². The van der Waals surface area contributed by atoms with Crippen molar-refractivity contribution < 1.29 is 19.1 Å². The lowest BCUT2D eigenvalue weighted by Crippen LogP contribution is -2.34. The minimum Gasteiger partial charge on any atom is -0.481 e. The first-order valence-corrected chi connectivity index (χ1v) is 11.7. The summed E-state index contributed by atoms with van der Waals surface area (Å²) in [7, 11) is 0. The van der Waals surface area contributed by atoms with Crippen LogP contribution in [0.3, 0.4) is 0 Å². The number of carbonyl (C=O) groups is 3. The molecular formula is C26H27N5O4. The van der Waals surface area contributed by atoms with Crippen molar-refractivity contribution in [2.24, 2.45) is 0 Å². The Balaban J connectivity index is 1.63. The van der Waals surface area contributed by atoms with Gasteiger partial charge in [0.25, 0.3) is 11.8 Å². The van der Waals surface area contributed by atoms with Gasteiger partial charge in [0, 0.05) is 18.7 Å². The summed E-state index contributed by atoms with van der Waals surface area (Å²) in [6, 6.07) is 10.7. The predicted molar refractivity (Wildman–Crippen MR) is 133 cm³/mol. The molecule has 0 saturated carbocycles. The van der Waals surface area contributed by atoms with Crippen molar-refractivity contribution in [1.82, 2.24) is 14.5 Å². The van der Waals surface area contributed by atoms with Crippen molar-refractivity contribution >= 4 is 40.4 Å². The summed E-state index contributed by atoms with van der Waals surface area (Å²) in [6.07, 6.45) is 3.86. The molecule has 35 heavy (non-hydrogen) atoms. The van der Waals surface area contributed by atoms with E-state index < -0.39 is 0 Å². The van der Waals surface area contributed by atoms with E-state index in [1.54, 1.807) is 17.0 Å². The minimum atomic E-state index is -0.285. The Kier molecular flexibility index (Phi) is 5.98. The van der Waals surface area contributed by atoms with E-state index >= 15 is 0 Å². The Morgan fingerprint density at radius 2 is 2.11 bits per heavy atom. The van der Waals surface area contributed by atoms with E-state index in [4.69, 9.17) is 9.72 Å². The van der Waals surface area contributed by atoms with Gasteiger partial charge in [0.15, 0.2) is 6.61 Å². The van der Waals surface area contributed by atoms with E-state index in [1.165, 1.54) is 6.08 Å². The number of imidazole rings is 1. The molecule has 1 saturated heterocycles. The fourth-order valence-corrected chi connectivity index (χ4v) is 4.79. The van der Waals surface area contributed by atoms with E-state index in [0.29, 0.717) is 47.1 Å². The van der Waals surface area contributed by atoms with Crippen LogP contribution in [0.25, 0.3) is 11.0 Å². The van der Waals surface area contributed by atoms with E-state index in [2.05, 4.69) is 17.2 Å². The van der Waals surface area contributed by atoms with E-state index in [9.17, 15) is 14.4 Å². The number of nitrogens with one attached hydrogen (secondary N) is 2. The summed E-state index contributed by atoms with van der Waals surface area (Å²) in [5.74, 6) is 0.227. The molecule has 0 aliphatic carbocycles. The zero-order valence-electron chi connectivity index (χ0n) is 19.5. The highest BCUT2D eigenvalue weighted by molar-refractivity contribution is 6.07. The number of aryl methyl sites for hydroxylation is 1. The van der Waals surface area contributed by atoms with Crippen LogP contribution in [0.2, 0.25) is 0 Å². The van der Waals surface area contributed by atoms with Crippen molar-refractivity contribution in [3.8, 4) is 5.75 Å². The summed E-state index contributed by atoms with van der Waals surface area (Å²) in [6.45, 7) is 6.57. The summed E-state index contributed by atoms with van der Waals surface area (Å²) in [5, 5.41) is 5.89. The molecule has 9 heteroatoms. The van der Waals surface area contributed by atoms with Crippen LogP contribution < -0.4 is 15.4 Å². The maximum absolute atomic E-state index is 13.2. The first-order valence-electron chi connectivity index (χ1n) is 11.7. The number of fused-ring (bicyclic) bond motifs is 3. The van der Waals surface area contributed by atoms with Crippen molar-refractivity contribution in [1.29, 1.82) is 0 Å². The lowest BCUT2D eigenvalue weighted by atomic mass is 10.1. The average molecular weight is 474 g/mol. The third-order valence-corrected chi connectivity index (χ3v) is 6.44. The van der Waals surface area contributed by atoms with Crippen LogP contribution in [-0.2, 0) is 9.59 Å². The zero-order chi connectivity index (χ0) is 24.5. The number of ether oxygens (including phenoxy) is 1. The number of rotatable bonds is 4. The molecule has 1 aromatic heterocycles. The van der Waals surface area contributed by atoms with Gasteiger partial charge < -0.3 is 19.5 Å². The van der Waals surface area contributed by atoms with Crippen LogP contribution in [0.4, 0.5) is 11.6 Å². The van der Waals surface area contributed by atoms with Crippen molar-refractivity contribution in [3.05, 3.63) is 60.2 Å². The molecule has 5 rings (SSSR count). The number of aromatic nitrogens is 2. The van der Waals surface area contributed by atoms with Crippen LogP contribution in [0.1, 0.15) is 41.2 Å². The fourth-order valence-electron chi connectivity index (χ4n) is 4.79. The lowest BCUT2D eigenvalue weighted by molar-refractivity contribution is -0.126. The predicted octanol–water partition coefficient (Wildman–Crippen LogP) is 3.67. The first-order chi connectivity index (χ1) is 16.9. The van der Waals surface area contributed by atoms with Crippen LogP contribution in [0.15, 0.2) is 49.1 Å². The monoisotopic (exact) mass is 473 g/mol. The molecule has 0 unspecified atom stereocenters. The molecule has 0 radical (unpaired) electrons. The molecule has 1 fully saturated rings. The molecular weight excluding hydrogens is 446 g/mol. The van der Waals surface area contributed by atoms with Gasteiger partial charge in [-0.15, -0.1) is 0 Å². The Morgan fingerprint density at radius 3 is 2.91 bits per heavy atom. The number of nitrogens with zero attached hydrogens (tertiary/aromatic N) is 3. The van der Waals surface area contributed by atoms with Gasteiger partial charge in [0.2, 0.25) is 11.9 Å². The zero-order valence-corrected chi connectivity index (χ0v) is 19.5. The third kappa shape index (κ3) is 4.37. The van der Waals surface area contributed by atoms with Gasteiger partial charge in [-0.3, -0.25) is 19.7 Å². The smallest absolute Gasteiger partial charge is 0.262 e. The number of benzene rings is 2. The van der Waals surface area contributed by atoms with Gasteiger partial charge in [-0.1, -0.05) is 24.3 Å². The molecule has 180 valence electrons. The molecule has 2 N–H and O–H groups in total. The number of carbonyl (C=O) groups excluding carboxylic acids is 3. The summed E-state index contributed by atoms with van der Waals surface area (Å²) in [5.41, 5.74) is 3.29. The molecule has 9 nitrogen and oxygen atoms in total. The highest BCUT2D eigenvalue weighted by Crippen LogP contribution is 2.40. The highest BCUT2D eigenvalue weighted by atomic mass is 16.5. The molecule has 0 spiro atoms. The van der Waals surface area contributed by atoms with Crippen LogP contribution >= 0.6 is 0 Å². The second-order valence-electron chi connectivity index (χ2n) is 8.91. The molecule has 2 aliphatic heterocycles. The average Bonchev–Trinajstić information content (AvgIpc) is 3.04. The second-order valence-corrected chi connectivity index (χ2v) is 8.91. The van der Waals surface area contributed by atoms with Crippen molar-refractivity contribution in [2.45, 2.75) is 32.2 Å². The second kappa shape index (κ2) is 9.25. The van der Waals surface area contributed by atoms with Gasteiger partial charge in [-0.05, 0) is 56.5 Å². The highest BCUT2D eigenvalue weighted by Gasteiger charge is 2.30. The van der Waals surface area contributed by atoms with Gasteiger partial charge in [0.1, 0.15) is 11.4 Å². The largest absolute Gasteiger partial charge is 0.481 e. The molecule has 3 aromatic rings. The Labute approximate surface area is 202 Å². The fraction of sp³-hybridized carbons (Fsp3) is 0.308.